The zero-order chi connectivity index (χ0) is 13.7. The number of rotatable bonds is 3. The molecule has 0 aromatic heterocycles. The Kier molecular flexibility index (Phi) is 5.44. The number of benzene rings is 1. The van der Waals surface area contributed by atoms with Crippen LogP contribution in [0.25, 0.3) is 0 Å². The number of aryl methyl sites for hydroxylation is 1. The third-order valence-corrected chi connectivity index (χ3v) is 4.56. The van der Waals surface area contributed by atoms with Crippen LogP contribution in [0.1, 0.15) is 36.8 Å². The van der Waals surface area contributed by atoms with Crippen molar-refractivity contribution in [2.75, 3.05) is 11.9 Å². The molecule has 2 rings (SSSR count). The van der Waals surface area contributed by atoms with Gasteiger partial charge in [-0.15, -0.1) is 0 Å². The minimum Gasteiger partial charge on any atom is -0.339 e. The summed E-state index contributed by atoms with van der Waals surface area (Å²) in [7, 11) is 0. The van der Waals surface area contributed by atoms with Crippen molar-refractivity contribution >= 4 is 21.8 Å². The number of hydrogen-bond donors (Lipinski definition) is 0. The van der Waals surface area contributed by atoms with Crippen molar-refractivity contribution in [3.05, 3.63) is 35.4 Å². The lowest BCUT2D eigenvalue weighted by Crippen LogP contribution is -2.41. The molecule has 1 fully saturated rings. The first kappa shape index (κ1) is 14.6. The van der Waals surface area contributed by atoms with E-state index in [9.17, 15) is 4.79 Å². The second kappa shape index (κ2) is 7.09. The minimum absolute atomic E-state index is 0.275. The Labute approximate surface area is 124 Å². The molecule has 0 radical (unpaired) electrons. The zero-order valence-corrected chi connectivity index (χ0v) is 13.2. The number of carbonyl (C=O) groups excluding carboxylic acids is 1. The van der Waals surface area contributed by atoms with E-state index >= 15 is 0 Å². The van der Waals surface area contributed by atoms with Crippen molar-refractivity contribution in [1.82, 2.24) is 4.90 Å². The van der Waals surface area contributed by atoms with Crippen molar-refractivity contribution in [2.24, 2.45) is 0 Å². The van der Waals surface area contributed by atoms with Crippen molar-refractivity contribution in [3.8, 4) is 0 Å². The maximum atomic E-state index is 12.5. The molecule has 1 aromatic carbocycles. The Morgan fingerprint density at radius 3 is 2.95 bits per heavy atom. The Balaban J connectivity index is 2.04. The molecule has 1 saturated heterocycles. The molecule has 0 N–H and O–H groups in total. The first-order valence-electron chi connectivity index (χ1n) is 7.11. The molecule has 3 heteroatoms. The van der Waals surface area contributed by atoms with Crippen molar-refractivity contribution in [3.63, 3.8) is 0 Å². The smallest absolute Gasteiger partial charge is 0.227 e. The molecule has 1 atom stereocenters. The third-order valence-electron chi connectivity index (χ3n) is 3.81. The standard InChI is InChI=1S/C16H22BrNO/c1-13-6-5-7-14(10-13)11-16(19)18-9-4-2-3-8-15(18)12-17/h5-7,10,15H,2-4,8-9,11-12H2,1H3. The summed E-state index contributed by atoms with van der Waals surface area (Å²) < 4.78 is 0. The topological polar surface area (TPSA) is 20.3 Å². The van der Waals surface area contributed by atoms with Crippen LogP contribution in [0, 0.1) is 6.92 Å². The lowest BCUT2D eigenvalue weighted by molar-refractivity contribution is -0.132. The number of amides is 1. The SMILES string of the molecule is Cc1cccc(CC(=O)N2CCCCCC2CBr)c1. The Morgan fingerprint density at radius 2 is 2.21 bits per heavy atom. The second-order valence-corrected chi connectivity index (χ2v) is 6.06. The summed E-state index contributed by atoms with van der Waals surface area (Å²) in [5, 5.41) is 0.895. The number of likely N-dealkylation sites (tertiary alicyclic amines) is 1. The Hall–Kier alpha value is -0.830. The predicted molar refractivity (Wildman–Crippen MR) is 82.6 cm³/mol. The van der Waals surface area contributed by atoms with Gasteiger partial charge in [-0.25, -0.2) is 0 Å². The molecule has 1 aliphatic heterocycles. The highest BCUT2D eigenvalue weighted by atomic mass is 79.9. The first-order chi connectivity index (χ1) is 9.20. The van der Waals surface area contributed by atoms with Crippen LogP contribution in [0.5, 0.6) is 0 Å². The van der Waals surface area contributed by atoms with Crippen LogP contribution >= 0.6 is 15.9 Å². The van der Waals surface area contributed by atoms with E-state index in [-0.39, 0.29) is 5.91 Å². The summed E-state index contributed by atoms with van der Waals surface area (Å²) in [6, 6.07) is 8.63. The van der Waals surface area contributed by atoms with Crippen LogP contribution in [0.4, 0.5) is 0 Å². The van der Waals surface area contributed by atoms with Gasteiger partial charge >= 0.3 is 0 Å². The van der Waals surface area contributed by atoms with E-state index in [1.165, 1.54) is 18.4 Å². The highest BCUT2D eigenvalue weighted by Gasteiger charge is 2.24. The van der Waals surface area contributed by atoms with E-state index in [0.717, 1.165) is 30.3 Å². The molecule has 1 aliphatic rings. The monoisotopic (exact) mass is 323 g/mol. The molecule has 2 nitrogen and oxygen atoms in total. The fourth-order valence-corrected chi connectivity index (χ4v) is 3.44. The van der Waals surface area contributed by atoms with E-state index in [2.05, 4.69) is 39.9 Å². The molecule has 1 aromatic rings. The lowest BCUT2D eigenvalue weighted by atomic mass is 10.1. The first-order valence-corrected chi connectivity index (χ1v) is 8.24. The number of alkyl halides is 1. The molecule has 1 unspecified atom stereocenters. The molecule has 1 amide bonds. The Bertz CT molecular complexity index is 433. The molecule has 0 bridgehead atoms. The maximum absolute atomic E-state index is 12.5. The third kappa shape index (κ3) is 4.07. The van der Waals surface area contributed by atoms with E-state index < -0.39 is 0 Å². The zero-order valence-electron chi connectivity index (χ0n) is 11.6. The van der Waals surface area contributed by atoms with Crippen molar-refractivity contribution < 1.29 is 4.79 Å². The van der Waals surface area contributed by atoms with E-state index in [4.69, 9.17) is 0 Å². The summed E-state index contributed by atoms with van der Waals surface area (Å²) in [6.45, 7) is 2.99. The van der Waals surface area contributed by atoms with Gasteiger partial charge in [-0.2, -0.15) is 0 Å². The molecular weight excluding hydrogens is 302 g/mol. The van der Waals surface area contributed by atoms with Gasteiger partial charge in [0.05, 0.1) is 6.42 Å². The molecule has 0 saturated carbocycles. The fraction of sp³-hybridized carbons (Fsp3) is 0.562. The number of halogens is 1. The van der Waals surface area contributed by atoms with Crippen LogP contribution in [0.2, 0.25) is 0 Å². The van der Waals surface area contributed by atoms with Gasteiger partial charge in [0.15, 0.2) is 0 Å². The van der Waals surface area contributed by atoms with Crippen LogP contribution < -0.4 is 0 Å². The summed E-state index contributed by atoms with van der Waals surface area (Å²) in [6.07, 6.45) is 5.29. The minimum atomic E-state index is 0.275. The van der Waals surface area contributed by atoms with Gasteiger partial charge in [-0.3, -0.25) is 4.79 Å². The Morgan fingerprint density at radius 1 is 1.37 bits per heavy atom. The molecular formula is C16H22BrNO. The molecule has 0 spiro atoms. The van der Waals surface area contributed by atoms with Gasteiger partial charge in [0.25, 0.3) is 0 Å². The van der Waals surface area contributed by atoms with Gasteiger partial charge in [0, 0.05) is 17.9 Å². The van der Waals surface area contributed by atoms with Crippen LogP contribution in [0.3, 0.4) is 0 Å². The average molecular weight is 324 g/mol. The molecule has 104 valence electrons. The van der Waals surface area contributed by atoms with Gasteiger partial charge in [0.2, 0.25) is 5.91 Å². The number of carbonyl (C=O) groups is 1. The summed E-state index contributed by atoms with van der Waals surface area (Å²) in [5.41, 5.74) is 2.35. The van der Waals surface area contributed by atoms with E-state index in [0.29, 0.717) is 12.5 Å². The quantitative estimate of drug-likeness (QED) is 0.776. The van der Waals surface area contributed by atoms with E-state index in [1.807, 2.05) is 12.1 Å². The summed E-state index contributed by atoms with van der Waals surface area (Å²) in [5.74, 6) is 0.275. The predicted octanol–water partition coefficient (Wildman–Crippen LogP) is 3.70. The summed E-state index contributed by atoms with van der Waals surface area (Å²) >= 11 is 3.56. The van der Waals surface area contributed by atoms with E-state index in [1.54, 1.807) is 0 Å². The lowest BCUT2D eigenvalue weighted by Gasteiger charge is -2.29. The highest BCUT2D eigenvalue weighted by molar-refractivity contribution is 9.09. The van der Waals surface area contributed by atoms with Gasteiger partial charge in [-0.05, 0) is 25.3 Å². The second-order valence-electron chi connectivity index (χ2n) is 5.41. The highest BCUT2D eigenvalue weighted by Crippen LogP contribution is 2.19. The number of nitrogens with zero attached hydrogens (tertiary/aromatic N) is 1. The van der Waals surface area contributed by atoms with Crippen LogP contribution in [-0.4, -0.2) is 28.7 Å². The maximum Gasteiger partial charge on any atom is 0.227 e. The fourth-order valence-electron chi connectivity index (χ4n) is 2.76. The average Bonchev–Trinajstić information content (AvgIpc) is 2.63. The molecule has 19 heavy (non-hydrogen) atoms. The van der Waals surface area contributed by atoms with Gasteiger partial charge in [-0.1, -0.05) is 58.6 Å². The number of hydrogen-bond acceptors (Lipinski definition) is 1. The molecule has 0 aliphatic carbocycles. The van der Waals surface area contributed by atoms with Crippen LogP contribution in [-0.2, 0) is 11.2 Å². The van der Waals surface area contributed by atoms with Crippen LogP contribution in [0.15, 0.2) is 24.3 Å². The summed E-state index contributed by atoms with van der Waals surface area (Å²) in [4.78, 5) is 14.6. The van der Waals surface area contributed by atoms with Crippen molar-refractivity contribution in [2.45, 2.75) is 45.1 Å². The van der Waals surface area contributed by atoms with Gasteiger partial charge in [0.1, 0.15) is 0 Å². The van der Waals surface area contributed by atoms with Crippen molar-refractivity contribution in [1.29, 1.82) is 0 Å². The normalized spacial score (nSPS) is 20.1. The largest absolute Gasteiger partial charge is 0.339 e. The van der Waals surface area contributed by atoms with Gasteiger partial charge < -0.3 is 4.90 Å². The molecule has 1 heterocycles.